The monoisotopic (exact) mass is 453 g/mol. The van der Waals surface area contributed by atoms with E-state index in [4.69, 9.17) is 4.74 Å². The molecule has 1 aromatic carbocycles. The third kappa shape index (κ3) is 5.56. The molecule has 4 rings (SSSR count). The summed E-state index contributed by atoms with van der Waals surface area (Å²) in [5, 5.41) is 9.65. The minimum absolute atomic E-state index is 0.114. The summed E-state index contributed by atoms with van der Waals surface area (Å²) >= 11 is 2.65. The summed E-state index contributed by atoms with van der Waals surface area (Å²) < 4.78 is 7.60. The molecule has 0 aliphatic rings. The predicted molar refractivity (Wildman–Crippen MR) is 121 cm³/mol. The summed E-state index contributed by atoms with van der Waals surface area (Å²) in [6, 6.07) is 10.7. The number of imidazole rings is 1. The van der Waals surface area contributed by atoms with Gasteiger partial charge in [-0.05, 0) is 35.7 Å². The summed E-state index contributed by atoms with van der Waals surface area (Å²) in [4.78, 5) is 33.5. The van der Waals surface area contributed by atoms with Crippen LogP contribution in [0.1, 0.15) is 21.2 Å². The number of thiophene rings is 1. The van der Waals surface area contributed by atoms with Gasteiger partial charge in [-0.15, -0.1) is 22.7 Å². The highest BCUT2D eigenvalue weighted by atomic mass is 32.1. The van der Waals surface area contributed by atoms with Gasteiger partial charge < -0.3 is 14.6 Å². The van der Waals surface area contributed by atoms with Gasteiger partial charge in [-0.1, -0.05) is 6.07 Å². The van der Waals surface area contributed by atoms with Gasteiger partial charge in [0.15, 0.2) is 5.13 Å². The average Bonchev–Trinajstić information content (AvgIpc) is 3.50. The Labute approximate surface area is 186 Å². The summed E-state index contributed by atoms with van der Waals surface area (Å²) in [6.45, 7) is 0.365. The van der Waals surface area contributed by atoms with E-state index in [0.29, 0.717) is 33.7 Å². The average molecular weight is 454 g/mol. The zero-order chi connectivity index (χ0) is 21.6. The maximum Gasteiger partial charge on any atom is 0.267 e. The number of nitrogens with zero attached hydrogens (tertiary/aromatic N) is 3. The zero-order valence-corrected chi connectivity index (χ0v) is 18.2. The van der Waals surface area contributed by atoms with Crippen molar-refractivity contribution in [1.82, 2.24) is 14.5 Å². The fraction of sp³-hybridized carbons (Fsp3) is 0.143. The predicted octanol–water partition coefficient (Wildman–Crippen LogP) is 3.95. The van der Waals surface area contributed by atoms with Crippen molar-refractivity contribution >= 4 is 45.3 Å². The number of benzene rings is 1. The van der Waals surface area contributed by atoms with Gasteiger partial charge in [-0.2, -0.15) is 0 Å². The number of ether oxygens (including phenoxy) is 1. The van der Waals surface area contributed by atoms with E-state index in [1.165, 1.54) is 22.7 Å². The molecule has 0 unspecified atom stereocenters. The molecule has 0 saturated carbocycles. The number of anilines is 2. The molecule has 0 aliphatic carbocycles. The smallest absolute Gasteiger partial charge is 0.267 e. The van der Waals surface area contributed by atoms with Gasteiger partial charge in [0.25, 0.3) is 5.91 Å². The highest BCUT2D eigenvalue weighted by Gasteiger charge is 2.12. The van der Waals surface area contributed by atoms with Crippen LogP contribution in [-0.2, 0) is 24.9 Å². The minimum atomic E-state index is -0.203. The maximum absolute atomic E-state index is 12.3. The minimum Gasteiger partial charge on any atom is -0.486 e. The van der Waals surface area contributed by atoms with Crippen LogP contribution in [0.4, 0.5) is 10.8 Å². The van der Waals surface area contributed by atoms with Gasteiger partial charge in [0, 0.05) is 30.5 Å². The van der Waals surface area contributed by atoms with Crippen LogP contribution in [0.5, 0.6) is 5.75 Å². The Bertz CT molecular complexity index is 1170. The summed E-state index contributed by atoms with van der Waals surface area (Å²) in [5.41, 5.74) is 1.26. The van der Waals surface area contributed by atoms with E-state index in [9.17, 15) is 9.59 Å². The molecule has 2 amide bonds. The number of aryl methyl sites for hydroxylation is 1. The lowest BCUT2D eigenvalue weighted by molar-refractivity contribution is -0.115. The molecule has 3 heterocycles. The van der Waals surface area contributed by atoms with Gasteiger partial charge in [-0.3, -0.25) is 14.9 Å². The number of aromatic nitrogens is 3. The van der Waals surface area contributed by atoms with Gasteiger partial charge >= 0.3 is 0 Å². The van der Waals surface area contributed by atoms with Crippen LogP contribution in [-0.4, -0.2) is 26.3 Å². The molecule has 3 aromatic heterocycles. The van der Waals surface area contributed by atoms with Crippen molar-refractivity contribution in [2.24, 2.45) is 7.05 Å². The van der Waals surface area contributed by atoms with E-state index in [1.807, 2.05) is 29.3 Å². The van der Waals surface area contributed by atoms with E-state index in [2.05, 4.69) is 20.6 Å². The normalized spacial score (nSPS) is 10.6. The fourth-order valence-corrected chi connectivity index (χ4v) is 4.02. The van der Waals surface area contributed by atoms with Crippen molar-refractivity contribution in [3.05, 3.63) is 75.9 Å². The van der Waals surface area contributed by atoms with Crippen LogP contribution in [0.2, 0.25) is 0 Å². The highest BCUT2D eigenvalue weighted by molar-refractivity contribution is 7.14. The summed E-state index contributed by atoms with van der Waals surface area (Å²) in [6.07, 6.45) is 3.70. The number of hydrogen-bond acceptors (Lipinski definition) is 7. The molecule has 0 radical (unpaired) electrons. The van der Waals surface area contributed by atoms with Crippen LogP contribution in [0.25, 0.3) is 0 Å². The lowest BCUT2D eigenvalue weighted by atomic mass is 10.2. The number of amides is 2. The zero-order valence-electron chi connectivity index (χ0n) is 16.6. The van der Waals surface area contributed by atoms with E-state index < -0.39 is 0 Å². The second-order valence-corrected chi connectivity index (χ2v) is 8.37. The molecule has 158 valence electrons. The molecular formula is C21H19N5O3S2. The van der Waals surface area contributed by atoms with Crippen molar-refractivity contribution in [2.45, 2.75) is 13.0 Å². The Balaban J connectivity index is 1.26. The molecule has 0 aliphatic heterocycles. The quantitative estimate of drug-likeness (QED) is 0.421. The van der Waals surface area contributed by atoms with E-state index in [-0.39, 0.29) is 18.2 Å². The fourth-order valence-electron chi connectivity index (χ4n) is 2.70. The Hall–Kier alpha value is -3.50. The van der Waals surface area contributed by atoms with Gasteiger partial charge in [-0.25, -0.2) is 9.97 Å². The number of nitrogens with one attached hydrogen (secondary N) is 2. The molecule has 0 atom stereocenters. The Morgan fingerprint density at radius 2 is 1.97 bits per heavy atom. The van der Waals surface area contributed by atoms with Crippen molar-refractivity contribution in [3.8, 4) is 5.75 Å². The topological polar surface area (TPSA) is 98.1 Å². The van der Waals surface area contributed by atoms with Crippen LogP contribution in [0, 0.1) is 0 Å². The van der Waals surface area contributed by atoms with Crippen molar-refractivity contribution < 1.29 is 14.3 Å². The van der Waals surface area contributed by atoms with Crippen molar-refractivity contribution in [2.75, 3.05) is 10.6 Å². The van der Waals surface area contributed by atoms with Crippen molar-refractivity contribution in [3.63, 3.8) is 0 Å². The van der Waals surface area contributed by atoms with Crippen molar-refractivity contribution in [1.29, 1.82) is 0 Å². The number of carbonyl (C=O) groups excluding carboxylic acids is 2. The first kappa shape index (κ1) is 20.8. The molecule has 0 fully saturated rings. The summed E-state index contributed by atoms with van der Waals surface area (Å²) in [5.74, 6) is 1.12. The molecule has 10 heteroatoms. The van der Waals surface area contributed by atoms with Gasteiger partial charge in [0.1, 0.15) is 18.2 Å². The lowest BCUT2D eigenvalue weighted by Gasteiger charge is -2.08. The Morgan fingerprint density at radius 1 is 1.13 bits per heavy atom. The SMILES string of the molecule is Cn1ccnc1COc1ccc(NC(=O)Cc2csc(NC(=O)c3cccs3)n2)cc1. The highest BCUT2D eigenvalue weighted by Crippen LogP contribution is 2.20. The van der Waals surface area contributed by atoms with Crippen LogP contribution < -0.4 is 15.4 Å². The maximum atomic E-state index is 12.3. The molecule has 0 bridgehead atoms. The summed E-state index contributed by atoms with van der Waals surface area (Å²) in [7, 11) is 1.91. The molecule has 31 heavy (non-hydrogen) atoms. The van der Waals surface area contributed by atoms with Crippen LogP contribution in [0.15, 0.2) is 59.6 Å². The second kappa shape index (κ2) is 9.54. The van der Waals surface area contributed by atoms with Gasteiger partial charge in [0.05, 0.1) is 17.0 Å². The molecule has 2 N–H and O–H groups in total. The first-order chi connectivity index (χ1) is 15.1. The third-order valence-electron chi connectivity index (χ3n) is 4.29. The van der Waals surface area contributed by atoms with Crippen LogP contribution in [0.3, 0.4) is 0 Å². The second-order valence-electron chi connectivity index (χ2n) is 6.57. The first-order valence-corrected chi connectivity index (χ1v) is 11.1. The molecule has 8 nitrogen and oxygen atoms in total. The van der Waals surface area contributed by atoms with Crippen LogP contribution >= 0.6 is 22.7 Å². The largest absolute Gasteiger partial charge is 0.486 e. The van der Waals surface area contributed by atoms with E-state index >= 15 is 0 Å². The Kier molecular flexibility index (Phi) is 6.39. The molecular weight excluding hydrogens is 434 g/mol. The number of rotatable bonds is 8. The first-order valence-electron chi connectivity index (χ1n) is 9.35. The standard InChI is InChI=1S/C21H19N5O3S2/c1-26-9-8-22-18(26)12-29-16-6-4-14(5-7-16)23-19(27)11-15-13-31-21(24-15)25-20(28)17-3-2-10-30-17/h2-10,13H,11-12H2,1H3,(H,23,27)(H,24,25,28). The number of carbonyl (C=O) groups is 2. The molecule has 0 spiro atoms. The van der Waals surface area contributed by atoms with Gasteiger partial charge in [0.2, 0.25) is 5.91 Å². The Morgan fingerprint density at radius 3 is 2.68 bits per heavy atom. The van der Waals surface area contributed by atoms with E-state index in [1.54, 1.807) is 41.9 Å². The van der Waals surface area contributed by atoms with E-state index in [0.717, 1.165) is 5.82 Å². The number of hydrogen-bond donors (Lipinski definition) is 2. The molecule has 4 aromatic rings. The molecule has 0 saturated heterocycles. The number of thiazole rings is 1. The third-order valence-corrected chi connectivity index (χ3v) is 5.96. The lowest BCUT2D eigenvalue weighted by Crippen LogP contribution is -2.15.